The van der Waals surface area contributed by atoms with Crippen molar-refractivity contribution in [1.29, 1.82) is 0 Å². The molecule has 0 atom stereocenters. The van der Waals surface area contributed by atoms with Crippen LogP contribution in [-0.4, -0.2) is 12.6 Å². The number of carbonyl (C=O) groups excluding carboxylic acids is 2. The van der Waals surface area contributed by atoms with E-state index in [0.29, 0.717) is 6.42 Å². The number of hydrogen-bond donors (Lipinski definition) is 0. The Morgan fingerprint density at radius 2 is 1.11 bits per heavy atom. The largest absolute Gasteiger partial charge is 0.290 e. The summed E-state index contributed by atoms with van der Waals surface area (Å²) in [7, 11) is 0. The molecule has 2 nitrogen and oxygen atoms in total. The molecule has 18 heavy (non-hydrogen) atoms. The van der Waals surface area contributed by atoms with Gasteiger partial charge in [0.25, 0.3) is 0 Å². The van der Waals surface area contributed by atoms with Crippen molar-refractivity contribution in [1.82, 2.24) is 0 Å². The highest BCUT2D eigenvalue weighted by Crippen LogP contribution is 2.20. The monoisotopic (exact) mass is 252 g/mol. The van der Waals surface area contributed by atoms with Gasteiger partial charge in [0.05, 0.1) is 0 Å². The fourth-order valence-corrected chi connectivity index (χ4v) is 2.09. The van der Waals surface area contributed by atoms with E-state index in [-0.39, 0.29) is 0 Å². The Bertz CT molecular complexity index is 203. The maximum absolute atomic E-state index is 10.6. The first kappa shape index (κ1) is 17.3. The number of hydrogen-bond acceptors (Lipinski definition) is 2. The van der Waals surface area contributed by atoms with Gasteiger partial charge in [-0.1, -0.05) is 71.1 Å². The second kappa shape index (κ2) is 11.4. The molecule has 0 aromatic heterocycles. The molecule has 2 radical (unpaired) electrons. The van der Waals surface area contributed by atoms with Crippen LogP contribution in [0.4, 0.5) is 0 Å². The molecular weight excluding hydrogens is 224 g/mol. The first-order valence-electron chi connectivity index (χ1n) is 7.47. The van der Waals surface area contributed by atoms with Crippen LogP contribution < -0.4 is 0 Å². The van der Waals surface area contributed by atoms with Gasteiger partial charge in [0.15, 0.2) is 0 Å². The summed E-state index contributed by atoms with van der Waals surface area (Å²) in [5.74, 6) is 0. The van der Waals surface area contributed by atoms with E-state index in [1.165, 1.54) is 51.4 Å². The van der Waals surface area contributed by atoms with Crippen LogP contribution in [0.5, 0.6) is 0 Å². The van der Waals surface area contributed by atoms with Crippen LogP contribution in [0.2, 0.25) is 0 Å². The Morgan fingerprint density at radius 1 is 0.722 bits per heavy atom. The molecule has 0 amide bonds. The average Bonchev–Trinajstić information content (AvgIpc) is 2.40. The molecule has 0 heterocycles. The van der Waals surface area contributed by atoms with Crippen molar-refractivity contribution in [3.05, 3.63) is 0 Å². The third kappa shape index (κ3) is 9.38. The van der Waals surface area contributed by atoms with Gasteiger partial charge in [-0.05, 0) is 13.3 Å². The summed E-state index contributed by atoms with van der Waals surface area (Å²) in [5.41, 5.74) is -0.986. The van der Waals surface area contributed by atoms with E-state index >= 15 is 0 Å². The number of unbranched alkanes of at least 4 members (excludes halogenated alkanes) is 9. The predicted octanol–water partition coefficient (Wildman–Crippen LogP) is 4.52. The summed E-state index contributed by atoms with van der Waals surface area (Å²) in [6.07, 6.45) is 16.8. The van der Waals surface area contributed by atoms with Crippen LogP contribution in [0.1, 0.15) is 84.5 Å². The highest BCUT2D eigenvalue weighted by Gasteiger charge is 2.24. The molecule has 0 N–H and O–H groups in total. The lowest BCUT2D eigenvalue weighted by Crippen LogP contribution is -2.19. The third-order valence-electron chi connectivity index (χ3n) is 3.48. The van der Waals surface area contributed by atoms with Crippen molar-refractivity contribution in [3.8, 4) is 0 Å². The minimum Gasteiger partial charge on any atom is -0.290 e. The van der Waals surface area contributed by atoms with Gasteiger partial charge in [-0.2, -0.15) is 0 Å². The summed E-state index contributed by atoms with van der Waals surface area (Å²) >= 11 is 0. The lowest BCUT2D eigenvalue weighted by Gasteiger charge is -2.12. The minimum atomic E-state index is -0.986. The molecule has 0 rings (SSSR count). The fourth-order valence-electron chi connectivity index (χ4n) is 2.09. The maximum Gasteiger partial charge on any atom is 0.213 e. The normalized spacial score (nSPS) is 11.4. The van der Waals surface area contributed by atoms with Crippen LogP contribution in [0, 0.1) is 5.41 Å². The molecule has 0 aromatic rings. The number of rotatable bonds is 13. The van der Waals surface area contributed by atoms with Gasteiger partial charge in [0.2, 0.25) is 12.6 Å². The topological polar surface area (TPSA) is 34.1 Å². The molecule has 0 fully saturated rings. The molecule has 0 saturated carbocycles. The Kier molecular flexibility index (Phi) is 11.0. The van der Waals surface area contributed by atoms with E-state index < -0.39 is 5.41 Å². The molecule has 0 unspecified atom stereocenters. The van der Waals surface area contributed by atoms with Gasteiger partial charge in [-0.3, -0.25) is 9.59 Å². The highest BCUT2D eigenvalue weighted by molar-refractivity contribution is 5.83. The summed E-state index contributed by atoms with van der Waals surface area (Å²) in [6, 6.07) is 0. The zero-order valence-electron chi connectivity index (χ0n) is 12.1. The van der Waals surface area contributed by atoms with Gasteiger partial charge in [-0.25, -0.2) is 0 Å². The Balaban J connectivity index is 3.26. The van der Waals surface area contributed by atoms with Crippen molar-refractivity contribution >= 4 is 12.6 Å². The first-order valence-corrected chi connectivity index (χ1v) is 7.47. The summed E-state index contributed by atoms with van der Waals surface area (Å²) in [4.78, 5) is 21.1. The molecule has 0 aliphatic carbocycles. The molecule has 0 spiro atoms. The quantitative estimate of drug-likeness (QED) is 0.356. The zero-order chi connectivity index (χ0) is 13.7. The van der Waals surface area contributed by atoms with Gasteiger partial charge < -0.3 is 0 Å². The molecule has 104 valence electrons. The Labute approximate surface area is 113 Å². The SMILES string of the molecule is CCCCCCCCCCCCC(C)([C]=O)[C]=O. The predicted molar refractivity (Wildman–Crippen MR) is 76.0 cm³/mol. The second-order valence-corrected chi connectivity index (χ2v) is 5.47. The van der Waals surface area contributed by atoms with E-state index in [0.717, 1.165) is 12.8 Å². The zero-order valence-corrected chi connectivity index (χ0v) is 12.1. The Morgan fingerprint density at radius 3 is 1.50 bits per heavy atom. The Hall–Kier alpha value is -0.660. The highest BCUT2D eigenvalue weighted by atomic mass is 16.1. The van der Waals surface area contributed by atoms with Crippen LogP contribution in [0.15, 0.2) is 0 Å². The van der Waals surface area contributed by atoms with Crippen LogP contribution in [0.25, 0.3) is 0 Å². The lowest BCUT2D eigenvalue weighted by molar-refractivity contribution is 0.430. The van der Waals surface area contributed by atoms with Crippen molar-refractivity contribution < 1.29 is 9.59 Å². The standard InChI is InChI=1S/C16H28O2/c1-3-4-5-6-7-8-9-10-11-12-13-16(2,14-17)15-18/h3-13H2,1-2H3. The first-order chi connectivity index (χ1) is 8.68. The van der Waals surface area contributed by atoms with Crippen molar-refractivity contribution in [3.63, 3.8) is 0 Å². The van der Waals surface area contributed by atoms with E-state index in [9.17, 15) is 9.59 Å². The van der Waals surface area contributed by atoms with Crippen molar-refractivity contribution in [2.24, 2.45) is 5.41 Å². The van der Waals surface area contributed by atoms with Gasteiger partial charge in [0.1, 0.15) is 5.41 Å². The van der Waals surface area contributed by atoms with Crippen molar-refractivity contribution in [2.75, 3.05) is 0 Å². The van der Waals surface area contributed by atoms with E-state index in [2.05, 4.69) is 6.92 Å². The second-order valence-electron chi connectivity index (χ2n) is 5.47. The van der Waals surface area contributed by atoms with Crippen LogP contribution >= 0.6 is 0 Å². The van der Waals surface area contributed by atoms with Gasteiger partial charge in [0, 0.05) is 0 Å². The van der Waals surface area contributed by atoms with Gasteiger partial charge in [-0.15, -0.1) is 0 Å². The van der Waals surface area contributed by atoms with Gasteiger partial charge >= 0.3 is 0 Å². The van der Waals surface area contributed by atoms with E-state index in [1.54, 1.807) is 19.5 Å². The molecular formula is C16H28O2. The average molecular weight is 252 g/mol. The van der Waals surface area contributed by atoms with Crippen molar-refractivity contribution in [2.45, 2.75) is 84.5 Å². The van der Waals surface area contributed by atoms with E-state index in [1.807, 2.05) is 0 Å². The maximum atomic E-state index is 10.6. The smallest absolute Gasteiger partial charge is 0.213 e. The van der Waals surface area contributed by atoms with Crippen LogP contribution in [0.3, 0.4) is 0 Å². The summed E-state index contributed by atoms with van der Waals surface area (Å²) in [5, 5.41) is 0. The van der Waals surface area contributed by atoms with E-state index in [4.69, 9.17) is 0 Å². The summed E-state index contributed by atoms with van der Waals surface area (Å²) < 4.78 is 0. The van der Waals surface area contributed by atoms with Crippen LogP contribution in [-0.2, 0) is 9.59 Å². The molecule has 2 heteroatoms. The molecule has 0 aromatic carbocycles. The minimum absolute atomic E-state index is 0.594. The fraction of sp³-hybridized carbons (Fsp3) is 0.875. The summed E-state index contributed by atoms with van der Waals surface area (Å²) in [6.45, 7) is 3.85. The molecule has 0 aliphatic rings. The molecule has 0 saturated heterocycles. The third-order valence-corrected chi connectivity index (χ3v) is 3.48. The lowest BCUT2D eigenvalue weighted by atomic mass is 9.88. The molecule has 0 bridgehead atoms. The molecule has 0 aliphatic heterocycles.